The predicted molar refractivity (Wildman–Crippen MR) is 228 cm³/mol. The number of aromatic nitrogens is 2. The van der Waals surface area contributed by atoms with Crippen LogP contribution in [0.5, 0.6) is 23.0 Å². The summed E-state index contributed by atoms with van der Waals surface area (Å²) in [7, 11) is 0. The van der Waals surface area contributed by atoms with E-state index in [1.165, 1.54) is 11.1 Å². The molecule has 0 bridgehead atoms. The molecule has 59 heavy (non-hydrogen) atoms. The van der Waals surface area contributed by atoms with Crippen molar-refractivity contribution in [3.63, 3.8) is 0 Å². The third-order valence-electron chi connectivity index (χ3n) is 12.6. The van der Waals surface area contributed by atoms with Gasteiger partial charge in [0.2, 0.25) is 19.5 Å². The van der Waals surface area contributed by atoms with Crippen LogP contribution in [0.1, 0.15) is 113 Å². The maximum Gasteiger partial charge on any atom is 0.231 e. The van der Waals surface area contributed by atoms with Gasteiger partial charge in [0.05, 0.1) is 16.3 Å². The van der Waals surface area contributed by atoms with Crippen molar-refractivity contribution in [2.75, 3.05) is 13.6 Å². The molecule has 4 aromatic carbocycles. The number of hydrogen-bond acceptors (Lipinski definition) is 7. The molecule has 10 rings (SSSR count). The second kappa shape index (κ2) is 13.9. The number of benzene rings is 4. The van der Waals surface area contributed by atoms with Crippen molar-refractivity contribution < 1.29 is 33.3 Å². The maximum absolute atomic E-state index is 13.3. The Labute approximate surface area is 345 Å². The minimum absolute atomic E-state index is 0.00323. The molecule has 4 heterocycles. The zero-order valence-corrected chi connectivity index (χ0v) is 35.0. The normalized spacial score (nSPS) is 16.8. The quantitative estimate of drug-likeness (QED) is 0.163. The summed E-state index contributed by atoms with van der Waals surface area (Å²) >= 11 is 0. The number of rotatable bonds is 8. The molecule has 0 amide bonds. The molecule has 2 saturated carbocycles. The van der Waals surface area contributed by atoms with Crippen LogP contribution in [-0.2, 0) is 44.1 Å². The fourth-order valence-electron chi connectivity index (χ4n) is 8.77. The van der Waals surface area contributed by atoms with E-state index in [2.05, 4.69) is 82.9 Å². The summed E-state index contributed by atoms with van der Waals surface area (Å²) in [5.74, 6) is 3.49. The van der Waals surface area contributed by atoms with Gasteiger partial charge in [-0.15, -0.1) is 0 Å². The van der Waals surface area contributed by atoms with Gasteiger partial charge in [0.15, 0.2) is 23.0 Å². The van der Waals surface area contributed by atoms with Crippen LogP contribution in [0.15, 0.2) is 84.9 Å². The molecule has 9 heteroatoms. The second-order valence-electron chi connectivity index (χ2n) is 18.9. The highest BCUT2D eigenvalue weighted by Gasteiger charge is 2.52. The Kier molecular flexibility index (Phi) is 9.10. The van der Waals surface area contributed by atoms with Crippen molar-refractivity contribution >= 4 is 39.3 Å². The Hall–Kier alpha value is -5.83. The summed E-state index contributed by atoms with van der Waals surface area (Å²) in [6, 6.07) is 28.4. The largest absolute Gasteiger partial charge is 0.454 e. The highest BCUT2D eigenvalue weighted by Crippen LogP contribution is 2.53. The summed E-state index contributed by atoms with van der Waals surface area (Å²) in [6.45, 7) is 15.0. The Morgan fingerprint density at radius 3 is 1.59 bits per heavy atom. The SMILES string of the molecule is CC(=O)n1c(C(C)(C)C)cc2cc(CC(=O)C3(c4ccc5c(c4)OCO5)CC3)ccc21.CC(C)(C)c1cc2cc(CC(=O)C3(c4ccc5c(c4)OCO5)CC3)ccc2[nH]1. The van der Waals surface area contributed by atoms with Crippen molar-refractivity contribution in [3.8, 4) is 23.0 Å². The van der Waals surface area contributed by atoms with E-state index in [0.717, 1.165) is 93.0 Å². The lowest BCUT2D eigenvalue weighted by Gasteiger charge is -2.20. The molecule has 9 nitrogen and oxygen atoms in total. The standard InChI is InChI=1S/C26H27NO4.C24H25NO3/c1-16(28)27-20-7-5-17(11-18(20)13-23(27)25(2,3)4)12-24(29)26(9-10-26)19-6-8-21-22(14-19)31-15-30-21;1-23(2,3)21-12-16-10-15(4-6-18(16)25-21)11-22(26)24(8-9-24)17-5-7-19-20(13-17)28-14-27-19/h5-8,11,13-14H,9-10,12,15H2,1-4H3;4-7,10,12-13,25H,8-9,11,14H2,1-3H3. The highest BCUT2D eigenvalue weighted by atomic mass is 16.7. The number of nitrogens with zero attached hydrogens (tertiary/aromatic N) is 1. The van der Waals surface area contributed by atoms with E-state index in [9.17, 15) is 14.4 Å². The molecule has 0 unspecified atom stereocenters. The van der Waals surface area contributed by atoms with E-state index in [1.807, 2.05) is 48.5 Å². The number of ether oxygens (including phenoxy) is 4. The Morgan fingerprint density at radius 1 is 0.593 bits per heavy atom. The van der Waals surface area contributed by atoms with Gasteiger partial charge in [-0.05, 0) is 114 Å². The molecule has 0 atom stereocenters. The molecule has 4 aliphatic rings. The van der Waals surface area contributed by atoms with E-state index < -0.39 is 5.41 Å². The van der Waals surface area contributed by atoms with Crippen LogP contribution in [0, 0.1) is 0 Å². The molecule has 2 aliphatic heterocycles. The number of carbonyl (C=O) groups excluding carboxylic acids is 3. The lowest BCUT2D eigenvalue weighted by Crippen LogP contribution is -2.22. The van der Waals surface area contributed by atoms with Gasteiger partial charge in [0.25, 0.3) is 0 Å². The molecule has 0 radical (unpaired) electrons. The van der Waals surface area contributed by atoms with E-state index in [4.69, 9.17) is 18.9 Å². The number of fused-ring (bicyclic) bond motifs is 4. The Bertz CT molecular complexity index is 2680. The number of nitrogens with one attached hydrogen (secondary N) is 1. The van der Waals surface area contributed by atoms with E-state index in [-0.39, 0.29) is 47.3 Å². The Balaban J connectivity index is 0.000000153. The number of H-pyrrole nitrogens is 1. The minimum atomic E-state index is -0.419. The summed E-state index contributed by atoms with van der Waals surface area (Å²) in [4.78, 5) is 42.4. The van der Waals surface area contributed by atoms with Gasteiger partial charge in [-0.2, -0.15) is 0 Å². The van der Waals surface area contributed by atoms with Crippen LogP contribution >= 0.6 is 0 Å². The third kappa shape index (κ3) is 7.08. The van der Waals surface area contributed by atoms with Gasteiger partial charge in [0, 0.05) is 52.9 Å². The zero-order chi connectivity index (χ0) is 41.5. The molecule has 1 N–H and O–H groups in total. The molecule has 2 aliphatic carbocycles. The van der Waals surface area contributed by atoms with Gasteiger partial charge in [-0.25, -0.2) is 0 Å². The van der Waals surface area contributed by atoms with E-state index in [0.29, 0.717) is 12.8 Å². The molecule has 0 saturated heterocycles. The van der Waals surface area contributed by atoms with Gasteiger partial charge in [-0.3, -0.25) is 19.0 Å². The summed E-state index contributed by atoms with van der Waals surface area (Å²) in [5.41, 5.74) is 7.48. The molecule has 6 aromatic rings. The highest BCUT2D eigenvalue weighted by molar-refractivity contribution is 5.97. The monoisotopic (exact) mass is 792 g/mol. The number of Topliss-reactive ketones (excluding diaryl/α,β-unsaturated/α-hetero) is 2. The average Bonchev–Trinajstić information content (AvgIpc) is 3.90. The van der Waals surface area contributed by atoms with Gasteiger partial charge in [0.1, 0.15) is 11.6 Å². The van der Waals surface area contributed by atoms with Crippen LogP contribution in [0.2, 0.25) is 0 Å². The molecular formula is C50H52N2O7. The van der Waals surface area contributed by atoms with Crippen LogP contribution in [0.25, 0.3) is 21.8 Å². The number of hydrogen-bond donors (Lipinski definition) is 1. The van der Waals surface area contributed by atoms with Gasteiger partial charge in [-0.1, -0.05) is 65.8 Å². The second-order valence-corrected chi connectivity index (χ2v) is 18.9. The number of aromatic amines is 1. The van der Waals surface area contributed by atoms with Crippen LogP contribution < -0.4 is 18.9 Å². The number of ketones is 2. The van der Waals surface area contributed by atoms with Crippen molar-refractivity contribution in [2.45, 2.75) is 109 Å². The van der Waals surface area contributed by atoms with Gasteiger partial charge < -0.3 is 23.9 Å². The lowest BCUT2D eigenvalue weighted by molar-refractivity contribution is -0.121. The number of carbonyl (C=O) groups is 3. The van der Waals surface area contributed by atoms with E-state index in [1.54, 1.807) is 11.5 Å². The maximum atomic E-state index is 13.3. The minimum Gasteiger partial charge on any atom is -0.454 e. The summed E-state index contributed by atoms with van der Waals surface area (Å²) in [6.07, 6.45) is 4.38. The average molecular weight is 793 g/mol. The topological polar surface area (TPSA) is 109 Å². The van der Waals surface area contributed by atoms with Crippen molar-refractivity contribution in [1.29, 1.82) is 0 Å². The van der Waals surface area contributed by atoms with Crippen LogP contribution in [-0.4, -0.2) is 40.6 Å². The van der Waals surface area contributed by atoms with Crippen molar-refractivity contribution in [2.24, 2.45) is 0 Å². The molecular weight excluding hydrogens is 741 g/mol. The smallest absolute Gasteiger partial charge is 0.231 e. The first-order chi connectivity index (χ1) is 28.0. The fraction of sp³-hybridized carbons (Fsp3) is 0.380. The van der Waals surface area contributed by atoms with E-state index >= 15 is 0 Å². The first kappa shape index (κ1) is 38.7. The summed E-state index contributed by atoms with van der Waals surface area (Å²) in [5, 5.41) is 2.17. The predicted octanol–water partition coefficient (Wildman–Crippen LogP) is 10.2. The van der Waals surface area contributed by atoms with Crippen LogP contribution in [0.4, 0.5) is 0 Å². The molecule has 2 aromatic heterocycles. The molecule has 0 spiro atoms. The summed E-state index contributed by atoms with van der Waals surface area (Å²) < 4.78 is 23.6. The first-order valence-corrected chi connectivity index (χ1v) is 20.7. The van der Waals surface area contributed by atoms with Crippen LogP contribution in [0.3, 0.4) is 0 Å². The van der Waals surface area contributed by atoms with Crippen molar-refractivity contribution in [1.82, 2.24) is 9.55 Å². The molecule has 2 fully saturated rings. The lowest BCUT2D eigenvalue weighted by atomic mass is 9.87. The van der Waals surface area contributed by atoms with Crippen molar-refractivity contribution in [3.05, 3.63) is 119 Å². The third-order valence-corrected chi connectivity index (χ3v) is 12.6. The molecule has 304 valence electrons. The van der Waals surface area contributed by atoms with Gasteiger partial charge >= 0.3 is 0 Å². The fourth-order valence-corrected chi connectivity index (χ4v) is 8.77. The Morgan fingerprint density at radius 2 is 1.10 bits per heavy atom. The first-order valence-electron chi connectivity index (χ1n) is 20.7. The zero-order valence-electron chi connectivity index (χ0n) is 35.0.